The lowest BCUT2D eigenvalue weighted by Gasteiger charge is -2.05. The zero-order valence-electron chi connectivity index (χ0n) is 9.21. The Bertz CT molecular complexity index is 403. The Labute approximate surface area is 102 Å². The minimum absolute atomic E-state index is 0.247. The standard InChI is InChI=1S/C10H13NO5S/c1-15-10(14)6-2-3-16-8(6)5-17-4-7(11)9(12)13/h2-3,7H,4-5,11H2,1H3,(H,12,13)/t7-/m1/s1. The van der Waals surface area contributed by atoms with Gasteiger partial charge in [-0.25, -0.2) is 4.79 Å². The second-order valence-electron chi connectivity index (χ2n) is 3.21. The van der Waals surface area contributed by atoms with E-state index in [2.05, 4.69) is 4.74 Å². The third kappa shape index (κ3) is 3.79. The minimum atomic E-state index is -1.05. The Morgan fingerprint density at radius 1 is 1.65 bits per heavy atom. The van der Waals surface area contributed by atoms with Crippen molar-refractivity contribution in [3.63, 3.8) is 0 Å². The zero-order chi connectivity index (χ0) is 12.8. The summed E-state index contributed by atoms with van der Waals surface area (Å²) in [5.74, 6) is -0.448. The zero-order valence-corrected chi connectivity index (χ0v) is 10.0. The van der Waals surface area contributed by atoms with Gasteiger partial charge in [0.2, 0.25) is 0 Å². The number of esters is 1. The molecule has 0 unspecified atom stereocenters. The van der Waals surface area contributed by atoms with E-state index in [0.29, 0.717) is 17.1 Å². The van der Waals surface area contributed by atoms with E-state index < -0.39 is 18.0 Å². The van der Waals surface area contributed by atoms with Gasteiger partial charge in [-0.3, -0.25) is 4.79 Å². The van der Waals surface area contributed by atoms with E-state index in [1.54, 1.807) is 0 Å². The lowest BCUT2D eigenvalue weighted by atomic mass is 10.3. The van der Waals surface area contributed by atoms with Gasteiger partial charge in [-0.2, -0.15) is 11.8 Å². The number of thioether (sulfide) groups is 1. The van der Waals surface area contributed by atoms with Crippen LogP contribution in [0.3, 0.4) is 0 Å². The smallest absolute Gasteiger partial charge is 0.341 e. The van der Waals surface area contributed by atoms with Gasteiger partial charge in [0.05, 0.1) is 19.1 Å². The first-order chi connectivity index (χ1) is 8.06. The Hall–Kier alpha value is -1.47. The molecule has 1 rings (SSSR count). The van der Waals surface area contributed by atoms with Gasteiger partial charge in [0.15, 0.2) is 0 Å². The summed E-state index contributed by atoms with van der Waals surface area (Å²) < 4.78 is 9.69. The SMILES string of the molecule is COC(=O)c1ccoc1CSC[C@@H](N)C(=O)O. The monoisotopic (exact) mass is 259 g/mol. The molecule has 3 N–H and O–H groups in total. The van der Waals surface area contributed by atoms with Crippen molar-refractivity contribution in [1.29, 1.82) is 0 Å². The highest BCUT2D eigenvalue weighted by atomic mass is 32.2. The third-order valence-corrected chi connectivity index (χ3v) is 3.06. The van der Waals surface area contributed by atoms with E-state index in [1.165, 1.54) is 31.2 Å². The average molecular weight is 259 g/mol. The number of furan rings is 1. The maximum Gasteiger partial charge on any atom is 0.341 e. The van der Waals surface area contributed by atoms with Gasteiger partial charge in [0, 0.05) is 5.75 Å². The Morgan fingerprint density at radius 3 is 2.94 bits per heavy atom. The molecule has 0 fully saturated rings. The molecule has 0 aliphatic heterocycles. The third-order valence-electron chi connectivity index (χ3n) is 2.00. The molecule has 1 heterocycles. The minimum Gasteiger partial charge on any atom is -0.480 e. The second kappa shape index (κ2) is 6.31. The van der Waals surface area contributed by atoms with E-state index in [4.69, 9.17) is 15.3 Å². The fraction of sp³-hybridized carbons (Fsp3) is 0.400. The molecule has 0 aliphatic rings. The van der Waals surface area contributed by atoms with Crippen molar-refractivity contribution in [2.75, 3.05) is 12.9 Å². The molecule has 7 heteroatoms. The predicted octanol–water partition coefficient (Wildman–Crippen LogP) is 0.711. The van der Waals surface area contributed by atoms with Gasteiger partial charge in [-0.1, -0.05) is 0 Å². The molecule has 0 bridgehead atoms. The van der Waals surface area contributed by atoms with Gasteiger partial charge in [-0.15, -0.1) is 0 Å². The number of hydrogen-bond acceptors (Lipinski definition) is 6. The highest BCUT2D eigenvalue weighted by Crippen LogP contribution is 2.19. The molecule has 0 amide bonds. The van der Waals surface area contributed by atoms with Gasteiger partial charge in [0.1, 0.15) is 17.4 Å². The molecule has 1 aromatic rings. The largest absolute Gasteiger partial charge is 0.480 e. The molecule has 1 atom stereocenters. The van der Waals surface area contributed by atoms with Gasteiger partial charge in [0.25, 0.3) is 0 Å². The maximum absolute atomic E-state index is 11.3. The van der Waals surface area contributed by atoms with Crippen LogP contribution >= 0.6 is 11.8 Å². The molecule has 1 aromatic heterocycles. The number of carboxylic acid groups (broad SMARTS) is 1. The quantitative estimate of drug-likeness (QED) is 0.725. The number of aliphatic carboxylic acids is 1. The highest BCUT2D eigenvalue weighted by Gasteiger charge is 2.16. The number of methoxy groups -OCH3 is 1. The number of carbonyl (C=O) groups is 2. The lowest BCUT2D eigenvalue weighted by molar-refractivity contribution is -0.137. The van der Waals surface area contributed by atoms with E-state index in [9.17, 15) is 9.59 Å². The molecule has 0 saturated heterocycles. The van der Waals surface area contributed by atoms with Crippen molar-refractivity contribution < 1.29 is 23.8 Å². The summed E-state index contributed by atoms with van der Waals surface area (Å²) in [6.45, 7) is 0. The predicted molar refractivity (Wildman–Crippen MR) is 61.8 cm³/mol. The van der Waals surface area contributed by atoms with E-state index >= 15 is 0 Å². The number of hydrogen-bond donors (Lipinski definition) is 2. The Kier molecular flexibility index (Phi) is 5.05. The summed E-state index contributed by atoms with van der Waals surface area (Å²) in [5, 5.41) is 8.58. The van der Waals surface area contributed by atoms with Crippen LogP contribution in [0.1, 0.15) is 16.1 Å². The Balaban J connectivity index is 2.50. The Morgan fingerprint density at radius 2 is 2.35 bits per heavy atom. The first-order valence-electron chi connectivity index (χ1n) is 4.77. The summed E-state index contributed by atoms with van der Waals surface area (Å²) in [5.41, 5.74) is 5.69. The van der Waals surface area contributed by atoms with E-state index in [-0.39, 0.29) is 5.75 Å². The van der Waals surface area contributed by atoms with Crippen molar-refractivity contribution in [2.45, 2.75) is 11.8 Å². The maximum atomic E-state index is 11.3. The van der Waals surface area contributed by atoms with Crippen LogP contribution in [-0.4, -0.2) is 35.9 Å². The molecule has 0 saturated carbocycles. The first kappa shape index (κ1) is 13.6. The van der Waals surface area contributed by atoms with Crippen LogP contribution < -0.4 is 5.73 Å². The number of rotatable bonds is 6. The van der Waals surface area contributed by atoms with Crippen molar-refractivity contribution in [1.82, 2.24) is 0 Å². The molecule has 0 aromatic carbocycles. The average Bonchev–Trinajstić information content (AvgIpc) is 2.76. The highest BCUT2D eigenvalue weighted by molar-refractivity contribution is 7.98. The number of ether oxygens (including phenoxy) is 1. The fourth-order valence-electron chi connectivity index (χ4n) is 1.09. The molecule has 17 heavy (non-hydrogen) atoms. The molecule has 94 valence electrons. The topological polar surface area (TPSA) is 103 Å². The van der Waals surface area contributed by atoms with Gasteiger partial charge >= 0.3 is 11.9 Å². The van der Waals surface area contributed by atoms with Crippen molar-refractivity contribution in [2.24, 2.45) is 5.73 Å². The van der Waals surface area contributed by atoms with Crippen LogP contribution in [0.15, 0.2) is 16.7 Å². The fourth-order valence-corrected chi connectivity index (χ4v) is 2.02. The molecule has 0 aliphatic carbocycles. The number of nitrogens with two attached hydrogens (primary N) is 1. The van der Waals surface area contributed by atoms with Gasteiger partial charge < -0.3 is 20.0 Å². The van der Waals surface area contributed by atoms with Crippen LogP contribution in [0.4, 0.5) is 0 Å². The van der Waals surface area contributed by atoms with Crippen LogP contribution in [0.5, 0.6) is 0 Å². The summed E-state index contributed by atoms with van der Waals surface area (Å²) in [6.07, 6.45) is 1.39. The number of carbonyl (C=O) groups excluding carboxylic acids is 1. The molecule has 0 spiro atoms. The lowest BCUT2D eigenvalue weighted by Crippen LogP contribution is -2.32. The second-order valence-corrected chi connectivity index (χ2v) is 4.24. The summed E-state index contributed by atoms with van der Waals surface area (Å²) in [6, 6.07) is 0.593. The normalized spacial score (nSPS) is 12.1. The van der Waals surface area contributed by atoms with E-state index in [0.717, 1.165) is 0 Å². The van der Waals surface area contributed by atoms with Gasteiger partial charge in [-0.05, 0) is 6.07 Å². The molecule has 0 radical (unpaired) electrons. The number of carboxylic acids is 1. The van der Waals surface area contributed by atoms with Crippen LogP contribution in [0, 0.1) is 0 Å². The van der Waals surface area contributed by atoms with Crippen LogP contribution in [0.2, 0.25) is 0 Å². The van der Waals surface area contributed by atoms with Crippen molar-refractivity contribution >= 4 is 23.7 Å². The summed E-state index contributed by atoms with van der Waals surface area (Å²) in [4.78, 5) is 21.8. The molecule has 6 nitrogen and oxygen atoms in total. The molecular formula is C10H13NO5S. The van der Waals surface area contributed by atoms with E-state index in [1.807, 2.05) is 0 Å². The first-order valence-corrected chi connectivity index (χ1v) is 5.92. The summed E-state index contributed by atoms with van der Waals surface area (Å²) in [7, 11) is 1.28. The van der Waals surface area contributed by atoms with Crippen LogP contribution in [0.25, 0.3) is 0 Å². The van der Waals surface area contributed by atoms with Crippen LogP contribution in [-0.2, 0) is 15.3 Å². The van der Waals surface area contributed by atoms with Crippen molar-refractivity contribution in [3.05, 3.63) is 23.7 Å². The van der Waals surface area contributed by atoms with Crippen molar-refractivity contribution in [3.8, 4) is 0 Å². The molecular weight excluding hydrogens is 246 g/mol. The summed E-state index contributed by atoms with van der Waals surface area (Å²) >= 11 is 1.28.